The lowest BCUT2D eigenvalue weighted by Gasteiger charge is -2.08. The quantitative estimate of drug-likeness (QED) is 0.654. The summed E-state index contributed by atoms with van der Waals surface area (Å²) in [5.41, 5.74) is 0.712. The van der Waals surface area contributed by atoms with E-state index in [1.54, 1.807) is 0 Å². The fraction of sp³-hybridized carbons (Fsp3) is 0.333. The van der Waals surface area contributed by atoms with Crippen molar-refractivity contribution in [3.63, 3.8) is 0 Å². The van der Waals surface area contributed by atoms with Gasteiger partial charge in [-0.1, -0.05) is 0 Å². The third-order valence-corrected chi connectivity index (χ3v) is 2.31. The van der Waals surface area contributed by atoms with E-state index < -0.39 is 25.0 Å². The minimum Gasteiger partial charge on any atom is -0.481 e. The molecule has 0 fully saturated rings. The molecule has 0 bridgehead atoms. The van der Waals surface area contributed by atoms with E-state index >= 15 is 0 Å². The number of methoxy groups -OCH3 is 1. The van der Waals surface area contributed by atoms with E-state index in [9.17, 15) is 18.0 Å². The number of hydrogen-bond donors (Lipinski definition) is 2. The van der Waals surface area contributed by atoms with Crippen molar-refractivity contribution in [2.75, 3.05) is 13.7 Å². The number of carbonyl (C=O) groups is 1. The number of nitrogens with one attached hydrogen (secondary N) is 2. The van der Waals surface area contributed by atoms with Gasteiger partial charge in [0.2, 0.25) is 5.90 Å². The summed E-state index contributed by atoms with van der Waals surface area (Å²) >= 11 is 0. The normalized spacial score (nSPS) is 10.9. The molecule has 0 spiro atoms. The van der Waals surface area contributed by atoms with Crippen LogP contribution in [0, 0.1) is 5.41 Å². The van der Waals surface area contributed by atoms with Crippen molar-refractivity contribution in [3.8, 4) is 0 Å². The number of rotatable bonds is 4. The lowest BCUT2D eigenvalue weighted by molar-refractivity contribution is -0.132. The molecule has 0 atom stereocenters. The summed E-state index contributed by atoms with van der Waals surface area (Å²) in [5.74, 6) is -0.635. The predicted molar refractivity (Wildman–Crippen MR) is 63.3 cm³/mol. The van der Waals surface area contributed by atoms with Crippen molar-refractivity contribution in [1.82, 2.24) is 5.32 Å². The highest BCUT2D eigenvalue weighted by molar-refractivity contribution is 5.96. The molecular weight excluding hydrogens is 261 g/mol. The molecule has 0 aliphatic carbocycles. The number of amides is 1. The third kappa shape index (κ3) is 4.99. The van der Waals surface area contributed by atoms with Gasteiger partial charge < -0.3 is 10.1 Å². The van der Waals surface area contributed by atoms with Crippen LogP contribution in [0.25, 0.3) is 0 Å². The molecular formula is C12H13F3N2O2. The van der Waals surface area contributed by atoms with Gasteiger partial charge in [0.1, 0.15) is 0 Å². The van der Waals surface area contributed by atoms with E-state index in [0.717, 1.165) is 0 Å². The molecule has 4 nitrogen and oxygen atoms in total. The SMILES string of the molecule is COC(=N)c1ccc(C(=O)NCCC(F)(F)F)cc1. The van der Waals surface area contributed by atoms with Gasteiger partial charge in [-0.25, -0.2) is 0 Å². The molecule has 0 radical (unpaired) electrons. The monoisotopic (exact) mass is 274 g/mol. The Hall–Kier alpha value is -2.05. The number of hydrogen-bond acceptors (Lipinski definition) is 3. The number of halogens is 3. The van der Waals surface area contributed by atoms with Gasteiger partial charge in [-0.05, 0) is 24.3 Å². The molecule has 0 aromatic heterocycles. The molecule has 0 aliphatic heterocycles. The first-order valence-electron chi connectivity index (χ1n) is 5.41. The fourth-order valence-corrected chi connectivity index (χ4v) is 1.31. The lowest BCUT2D eigenvalue weighted by atomic mass is 10.1. The van der Waals surface area contributed by atoms with Gasteiger partial charge in [0.25, 0.3) is 5.91 Å². The molecule has 0 saturated heterocycles. The van der Waals surface area contributed by atoms with Gasteiger partial charge in [-0.3, -0.25) is 10.2 Å². The summed E-state index contributed by atoms with van der Waals surface area (Å²) in [6.45, 7) is -0.460. The Balaban J connectivity index is 2.56. The summed E-state index contributed by atoms with van der Waals surface area (Å²) in [5, 5.41) is 9.56. The van der Waals surface area contributed by atoms with Gasteiger partial charge in [-0.2, -0.15) is 13.2 Å². The molecule has 19 heavy (non-hydrogen) atoms. The van der Waals surface area contributed by atoms with E-state index in [1.165, 1.54) is 31.4 Å². The van der Waals surface area contributed by atoms with E-state index in [-0.39, 0.29) is 11.5 Å². The Bertz CT molecular complexity index is 455. The molecule has 1 rings (SSSR count). The highest BCUT2D eigenvalue weighted by Gasteiger charge is 2.26. The second kappa shape index (κ2) is 6.21. The van der Waals surface area contributed by atoms with Gasteiger partial charge in [0.05, 0.1) is 13.5 Å². The van der Waals surface area contributed by atoms with Crippen LogP contribution in [-0.4, -0.2) is 31.6 Å². The minimum absolute atomic E-state index is 0.0518. The molecule has 0 aliphatic rings. The van der Waals surface area contributed by atoms with Crippen LogP contribution < -0.4 is 5.32 Å². The van der Waals surface area contributed by atoms with E-state index in [4.69, 9.17) is 10.1 Å². The molecule has 0 unspecified atom stereocenters. The topological polar surface area (TPSA) is 62.2 Å². The number of carbonyl (C=O) groups excluding carboxylic acids is 1. The molecule has 0 heterocycles. The Morgan fingerprint density at radius 2 is 1.79 bits per heavy atom. The highest BCUT2D eigenvalue weighted by Crippen LogP contribution is 2.18. The zero-order valence-corrected chi connectivity index (χ0v) is 10.2. The van der Waals surface area contributed by atoms with Gasteiger partial charge in [-0.15, -0.1) is 0 Å². The van der Waals surface area contributed by atoms with Crippen molar-refractivity contribution in [2.45, 2.75) is 12.6 Å². The maximum Gasteiger partial charge on any atom is 0.390 e. The largest absolute Gasteiger partial charge is 0.481 e. The van der Waals surface area contributed by atoms with Crippen LogP contribution in [0.4, 0.5) is 13.2 Å². The van der Waals surface area contributed by atoms with Crippen LogP contribution in [0.15, 0.2) is 24.3 Å². The summed E-state index contributed by atoms with van der Waals surface area (Å²) in [7, 11) is 1.35. The van der Waals surface area contributed by atoms with Crippen LogP contribution >= 0.6 is 0 Å². The average Bonchev–Trinajstić information content (AvgIpc) is 2.36. The summed E-state index contributed by atoms with van der Waals surface area (Å²) in [6, 6.07) is 5.83. The number of ether oxygens (including phenoxy) is 1. The molecule has 1 aromatic carbocycles. The highest BCUT2D eigenvalue weighted by atomic mass is 19.4. The Kier molecular flexibility index (Phi) is 4.91. The maximum absolute atomic E-state index is 11.9. The Labute approximate surface area is 108 Å². The third-order valence-electron chi connectivity index (χ3n) is 2.31. The zero-order chi connectivity index (χ0) is 14.5. The van der Waals surface area contributed by atoms with Crippen LogP contribution in [0.3, 0.4) is 0 Å². The van der Waals surface area contributed by atoms with Gasteiger partial charge in [0, 0.05) is 17.7 Å². The zero-order valence-electron chi connectivity index (χ0n) is 10.2. The molecule has 1 aromatic rings. The van der Waals surface area contributed by atoms with Crippen molar-refractivity contribution < 1.29 is 22.7 Å². The molecule has 2 N–H and O–H groups in total. The lowest BCUT2D eigenvalue weighted by Crippen LogP contribution is -2.27. The molecule has 1 amide bonds. The minimum atomic E-state index is -4.29. The molecule has 0 saturated carbocycles. The van der Waals surface area contributed by atoms with Crippen molar-refractivity contribution in [2.24, 2.45) is 0 Å². The molecule has 7 heteroatoms. The first kappa shape index (κ1) is 15.0. The molecule has 104 valence electrons. The first-order valence-corrected chi connectivity index (χ1v) is 5.41. The summed E-state index contributed by atoms with van der Waals surface area (Å²) in [4.78, 5) is 11.5. The predicted octanol–water partition coefficient (Wildman–Crippen LogP) is 2.34. The second-order valence-electron chi connectivity index (χ2n) is 3.73. The van der Waals surface area contributed by atoms with Crippen molar-refractivity contribution in [3.05, 3.63) is 35.4 Å². The fourth-order valence-electron chi connectivity index (χ4n) is 1.31. The first-order chi connectivity index (χ1) is 8.83. The van der Waals surface area contributed by atoms with Crippen LogP contribution in [0.5, 0.6) is 0 Å². The summed E-state index contributed by atoms with van der Waals surface area (Å²) < 4.78 is 40.4. The van der Waals surface area contributed by atoms with Crippen LogP contribution in [0.2, 0.25) is 0 Å². The standard InChI is InChI=1S/C12H13F3N2O2/c1-19-10(16)8-2-4-9(5-3-8)11(18)17-7-6-12(13,14)15/h2-5,16H,6-7H2,1H3,(H,17,18). The van der Waals surface area contributed by atoms with Gasteiger partial charge >= 0.3 is 6.18 Å². The Morgan fingerprint density at radius 1 is 1.26 bits per heavy atom. The number of benzene rings is 1. The second-order valence-corrected chi connectivity index (χ2v) is 3.73. The van der Waals surface area contributed by atoms with Crippen molar-refractivity contribution >= 4 is 11.8 Å². The Morgan fingerprint density at radius 3 is 2.26 bits per heavy atom. The van der Waals surface area contributed by atoms with E-state index in [0.29, 0.717) is 5.56 Å². The number of alkyl halides is 3. The van der Waals surface area contributed by atoms with Crippen molar-refractivity contribution in [1.29, 1.82) is 5.41 Å². The van der Waals surface area contributed by atoms with E-state index in [2.05, 4.69) is 5.32 Å². The maximum atomic E-state index is 11.9. The van der Waals surface area contributed by atoms with Crippen LogP contribution in [-0.2, 0) is 4.74 Å². The van der Waals surface area contributed by atoms with Gasteiger partial charge in [0.15, 0.2) is 0 Å². The van der Waals surface area contributed by atoms with Crippen LogP contribution in [0.1, 0.15) is 22.3 Å². The average molecular weight is 274 g/mol. The smallest absolute Gasteiger partial charge is 0.390 e. The van der Waals surface area contributed by atoms with E-state index in [1.807, 2.05) is 0 Å². The summed E-state index contributed by atoms with van der Waals surface area (Å²) in [6.07, 6.45) is -5.35.